The van der Waals surface area contributed by atoms with E-state index in [2.05, 4.69) is 152 Å². The topological polar surface area (TPSA) is 14.2 Å². The summed E-state index contributed by atoms with van der Waals surface area (Å²) in [6, 6.07) is 45.9. The van der Waals surface area contributed by atoms with Crippen molar-refractivity contribution >= 4 is 45.8 Å². The monoisotopic (exact) mass is 531 g/mol. The molecule has 0 spiro atoms. The first-order valence-electron chi connectivity index (χ1n) is 13.7. The first-order valence-corrected chi connectivity index (χ1v) is 15.7. The minimum absolute atomic E-state index is 0.934. The van der Waals surface area contributed by atoms with Gasteiger partial charge in [-0.1, -0.05) is 128 Å². The van der Waals surface area contributed by atoms with E-state index in [1.807, 2.05) is 12.2 Å². The number of hydrogen-bond acceptors (Lipinski definition) is 1. The van der Waals surface area contributed by atoms with Gasteiger partial charge in [0.1, 0.15) is 5.75 Å². The van der Waals surface area contributed by atoms with Gasteiger partial charge in [-0.25, -0.2) is 0 Å². The molecular formula is C37H29NOSi. The third-order valence-electron chi connectivity index (χ3n) is 8.11. The first-order chi connectivity index (χ1) is 19.7. The maximum atomic E-state index is 6.99. The van der Waals surface area contributed by atoms with Crippen LogP contribution in [0.2, 0.25) is 0 Å². The molecule has 40 heavy (non-hydrogen) atoms. The van der Waals surface area contributed by atoms with E-state index in [4.69, 9.17) is 4.74 Å². The van der Waals surface area contributed by atoms with Gasteiger partial charge in [-0.05, 0) is 57.5 Å². The number of fused-ring (bicyclic) bond motifs is 4. The minimum atomic E-state index is -2.72. The van der Waals surface area contributed by atoms with Crippen LogP contribution in [0.3, 0.4) is 0 Å². The fraction of sp³-hybridized carbons (Fsp3) is 0.0270. The zero-order chi connectivity index (χ0) is 27.1. The van der Waals surface area contributed by atoms with Crippen molar-refractivity contribution in [3.8, 4) is 17.2 Å². The van der Waals surface area contributed by atoms with Crippen LogP contribution in [-0.2, 0) is 0 Å². The molecule has 0 N–H and O–H groups in total. The molecule has 6 aromatic rings. The van der Waals surface area contributed by atoms with Crippen LogP contribution < -0.4 is 25.5 Å². The molecule has 0 bridgehead atoms. The Morgan fingerprint density at radius 1 is 0.675 bits per heavy atom. The van der Waals surface area contributed by atoms with Crippen LogP contribution in [-0.4, -0.2) is 12.6 Å². The van der Waals surface area contributed by atoms with Crippen LogP contribution in [0.15, 0.2) is 146 Å². The number of nitrogens with zero attached hydrogens (tertiary/aromatic N) is 1. The van der Waals surface area contributed by atoms with Gasteiger partial charge in [-0.15, -0.1) is 0 Å². The lowest BCUT2D eigenvalue weighted by molar-refractivity contribution is 0.491. The van der Waals surface area contributed by atoms with Crippen molar-refractivity contribution in [2.75, 3.05) is 0 Å². The number of aromatic nitrogens is 1. The molecule has 2 heterocycles. The summed E-state index contributed by atoms with van der Waals surface area (Å²) in [5, 5.41) is 6.43. The zero-order valence-corrected chi connectivity index (χ0v) is 23.4. The lowest BCUT2D eigenvalue weighted by Gasteiger charge is -2.39. The fourth-order valence-electron chi connectivity index (χ4n) is 6.41. The quantitative estimate of drug-likeness (QED) is 0.180. The minimum Gasteiger partial charge on any atom is -0.455 e. The molecule has 1 aliphatic heterocycles. The van der Waals surface area contributed by atoms with Gasteiger partial charge < -0.3 is 9.30 Å². The van der Waals surface area contributed by atoms with Crippen molar-refractivity contribution in [1.29, 1.82) is 0 Å². The van der Waals surface area contributed by atoms with Gasteiger partial charge in [0, 0.05) is 16.8 Å². The third-order valence-corrected chi connectivity index (χ3v) is 12.9. The van der Waals surface area contributed by atoms with E-state index < -0.39 is 8.07 Å². The predicted molar refractivity (Wildman–Crippen MR) is 171 cm³/mol. The maximum Gasteiger partial charge on any atom is 0.188 e. The largest absolute Gasteiger partial charge is 0.455 e. The number of ether oxygens (including phenoxy) is 1. The molecule has 0 saturated carbocycles. The molecule has 192 valence electrons. The molecule has 0 atom stereocenters. The second-order valence-corrected chi connectivity index (χ2v) is 13.9. The number of para-hydroxylation sites is 2. The van der Waals surface area contributed by atoms with Crippen molar-refractivity contribution < 1.29 is 4.74 Å². The van der Waals surface area contributed by atoms with E-state index in [0.717, 1.165) is 28.4 Å². The number of aryl methyl sites for hydroxylation is 1. The summed E-state index contributed by atoms with van der Waals surface area (Å²) < 4.78 is 9.35. The molecule has 0 amide bonds. The summed E-state index contributed by atoms with van der Waals surface area (Å²) in [5.74, 6) is 1.88. The Labute approximate surface area is 236 Å². The number of hydrogen-bond donors (Lipinski definition) is 0. The standard InChI is InChI=1S/C37H29NOSi/c1-3-4-22-32-27(2)31-25-26-35-37(36(31)38(32)28-16-8-5-9-17-28)39-33-23-14-15-24-34(33)40(35,29-18-10-6-11-19-29)30-20-12-7-13-21-30/h3-26H,1H2,2H3/b22-4-. The van der Waals surface area contributed by atoms with Gasteiger partial charge in [-0.2, -0.15) is 0 Å². The van der Waals surface area contributed by atoms with Crippen LogP contribution in [0, 0.1) is 6.92 Å². The van der Waals surface area contributed by atoms with Crippen LogP contribution in [0.1, 0.15) is 11.3 Å². The van der Waals surface area contributed by atoms with Crippen molar-refractivity contribution in [2.24, 2.45) is 0 Å². The summed E-state index contributed by atoms with van der Waals surface area (Å²) in [6.07, 6.45) is 5.99. The molecular weight excluding hydrogens is 502 g/mol. The van der Waals surface area contributed by atoms with Crippen molar-refractivity contribution in [3.05, 3.63) is 157 Å². The molecule has 5 aromatic carbocycles. The fourth-order valence-corrected chi connectivity index (χ4v) is 11.4. The summed E-state index contributed by atoms with van der Waals surface area (Å²) >= 11 is 0. The second-order valence-electron chi connectivity index (χ2n) is 10.2. The number of benzene rings is 5. The van der Waals surface area contributed by atoms with Crippen molar-refractivity contribution in [2.45, 2.75) is 6.92 Å². The van der Waals surface area contributed by atoms with Crippen molar-refractivity contribution in [1.82, 2.24) is 4.57 Å². The van der Waals surface area contributed by atoms with Gasteiger partial charge >= 0.3 is 0 Å². The highest BCUT2D eigenvalue weighted by Crippen LogP contribution is 2.40. The predicted octanol–water partition coefficient (Wildman–Crippen LogP) is 6.62. The highest BCUT2D eigenvalue weighted by molar-refractivity contribution is 7.20. The average molecular weight is 532 g/mol. The zero-order valence-electron chi connectivity index (χ0n) is 22.4. The molecule has 0 aliphatic carbocycles. The summed E-state index contributed by atoms with van der Waals surface area (Å²) in [4.78, 5) is 0. The van der Waals surface area contributed by atoms with Gasteiger partial charge in [0.2, 0.25) is 0 Å². The molecule has 2 nitrogen and oxygen atoms in total. The molecule has 1 aliphatic rings. The van der Waals surface area contributed by atoms with Gasteiger partial charge in [-0.3, -0.25) is 0 Å². The summed E-state index contributed by atoms with van der Waals surface area (Å²) in [7, 11) is -2.72. The molecule has 0 saturated heterocycles. The molecule has 0 fully saturated rings. The Hall–Kier alpha value is -4.86. The van der Waals surface area contributed by atoms with Crippen LogP contribution >= 0.6 is 0 Å². The lowest BCUT2D eigenvalue weighted by atomic mass is 10.1. The molecule has 1 aromatic heterocycles. The Balaban J connectivity index is 1.68. The maximum absolute atomic E-state index is 6.99. The first kappa shape index (κ1) is 24.2. The van der Waals surface area contributed by atoms with Gasteiger partial charge in [0.05, 0.1) is 5.52 Å². The van der Waals surface area contributed by atoms with Crippen LogP contribution in [0.5, 0.6) is 11.5 Å². The van der Waals surface area contributed by atoms with Crippen molar-refractivity contribution in [3.63, 3.8) is 0 Å². The SMILES string of the molecule is C=C/C=C\c1c(C)c2ccc3c(c2n1-c1ccccc1)Oc1ccccc1[Si]3(c1ccccc1)c1ccccc1. The van der Waals surface area contributed by atoms with Gasteiger partial charge in [0.15, 0.2) is 13.8 Å². The normalized spacial score (nSPS) is 13.5. The molecule has 3 heteroatoms. The molecule has 0 unspecified atom stereocenters. The highest BCUT2D eigenvalue weighted by Gasteiger charge is 2.48. The van der Waals surface area contributed by atoms with E-state index in [0.29, 0.717) is 0 Å². The smallest absolute Gasteiger partial charge is 0.188 e. The van der Waals surface area contributed by atoms with E-state index in [9.17, 15) is 0 Å². The van der Waals surface area contributed by atoms with Crippen LogP contribution in [0.25, 0.3) is 22.7 Å². The Morgan fingerprint density at radius 3 is 1.93 bits per heavy atom. The summed E-state index contributed by atoms with van der Waals surface area (Å²) in [6.45, 7) is 6.13. The highest BCUT2D eigenvalue weighted by atomic mass is 28.3. The molecule has 7 rings (SSSR count). The van der Waals surface area contributed by atoms with E-state index >= 15 is 0 Å². The summed E-state index contributed by atoms with van der Waals surface area (Å²) in [5.41, 5.74) is 4.55. The average Bonchev–Trinajstić information content (AvgIpc) is 3.31. The number of rotatable bonds is 5. The number of allylic oxidation sites excluding steroid dienone is 2. The lowest BCUT2D eigenvalue weighted by Crippen LogP contribution is -2.76. The van der Waals surface area contributed by atoms with E-state index in [1.165, 1.54) is 31.7 Å². The van der Waals surface area contributed by atoms with E-state index in [-0.39, 0.29) is 0 Å². The Morgan fingerprint density at radius 2 is 1.27 bits per heavy atom. The Kier molecular flexibility index (Phi) is 5.87. The van der Waals surface area contributed by atoms with Crippen LogP contribution in [0.4, 0.5) is 0 Å². The Bertz CT molecular complexity index is 1850. The van der Waals surface area contributed by atoms with Gasteiger partial charge in [0.25, 0.3) is 0 Å². The second kappa shape index (κ2) is 9.71. The third kappa shape index (κ3) is 3.48. The molecule has 0 radical (unpaired) electrons. The van der Waals surface area contributed by atoms with E-state index in [1.54, 1.807) is 0 Å².